The quantitative estimate of drug-likeness (QED) is 0.322. The molecule has 1 N–H and O–H groups in total. The van der Waals surface area contributed by atoms with Crippen molar-refractivity contribution >= 4 is 49.7 Å². The van der Waals surface area contributed by atoms with Gasteiger partial charge in [-0.25, -0.2) is 0 Å². The summed E-state index contributed by atoms with van der Waals surface area (Å²) in [6.07, 6.45) is 4.62. The van der Waals surface area contributed by atoms with Crippen molar-refractivity contribution in [3.05, 3.63) is 0 Å². The van der Waals surface area contributed by atoms with Crippen LogP contribution in [0, 0.1) is 5.41 Å². The maximum absolute atomic E-state index is 11.6. The number of hydrogen-bond donors (Lipinski definition) is 1. The van der Waals surface area contributed by atoms with Crippen LogP contribution < -0.4 is 0 Å². The topological polar surface area (TPSA) is 63.6 Å². The Morgan fingerprint density at radius 1 is 1.10 bits per heavy atom. The molecule has 0 radical (unpaired) electrons. The van der Waals surface area contributed by atoms with Crippen LogP contribution in [0.25, 0.3) is 0 Å². The van der Waals surface area contributed by atoms with Crippen LogP contribution in [-0.2, 0) is 14.3 Å². The van der Waals surface area contributed by atoms with Gasteiger partial charge in [0, 0.05) is 5.41 Å². The van der Waals surface area contributed by atoms with Gasteiger partial charge < -0.3 is 12.7 Å². The number of aliphatic carboxylic acids is 1. The van der Waals surface area contributed by atoms with E-state index in [0.717, 1.165) is 25.7 Å². The van der Waals surface area contributed by atoms with Crippen molar-refractivity contribution in [1.82, 2.24) is 0 Å². The number of unbranched alkanes of at least 4 members (excludes halogenated alkanes) is 3. The standard InChI is InChI=1S/C15H28O4.Ca.2H/c1-6-7-8-9-10-15(5,14(2,3)4)19-13(18)11-12(16)17;;;/h6-11H2,1-5H3,(H,16,17);;;/q;+2;2*-1. The summed E-state index contributed by atoms with van der Waals surface area (Å²) in [5.41, 5.74) is -0.833. The zero-order valence-electron chi connectivity index (χ0n) is 15.6. The molecule has 0 heterocycles. The van der Waals surface area contributed by atoms with Gasteiger partial charge in [0.25, 0.3) is 0 Å². The van der Waals surface area contributed by atoms with Gasteiger partial charge in [-0.15, -0.1) is 0 Å². The molecule has 0 spiro atoms. The first-order valence-corrected chi connectivity index (χ1v) is 7.06. The van der Waals surface area contributed by atoms with Crippen LogP contribution in [-0.4, -0.2) is 60.4 Å². The smallest absolute Gasteiger partial charge is 1.00 e. The van der Waals surface area contributed by atoms with Gasteiger partial charge >= 0.3 is 49.7 Å². The fourth-order valence-corrected chi connectivity index (χ4v) is 1.88. The molecule has 0 saturated carbocycles. The first kappa shape index (κ1) is 22.5. The van der Waals surface area contributed by atoms with Crippen LogP contribution in [0.4, 0.5) is 0 Å². The van der Waals surface area contributed by atoms with Crippen molar-refractivity contribution in [2.45, 2.75) is 78.7 Å². The largest absolute Gasteiger partial charge is 2.00 e. The molecular formula is C15H30CaO4. The van der Waals surface area contributed by atoms with E-state index in [9.17, 15) is 9.59 Å². The van der Waals surface area contributed by atoms with Crippen molar-refractivity contribution in [2.24, 2.45) is 5.41 Å². The Hall–Kier alpha value is 0.200. The predicted molar refractivity (Wildman–Crippen MR) is 82.9 cm³/mol. The summed E-state index contributed by atoms with van der Waals surface area (Å²) in [4.78, 5) is 22.1. The molecule has 0 rings (SSSR count). The third-order valence-electron chi connectivity index (χ3n) is 3.73. The molecule has 5 heteroatoms. The number of ether oxygens (including phenoxy) is 1. The Bertz CT molecular complexity index is 319. The van der Waals surface area contributed by atoms with Gasteiger partial charge in [0.05, 0.1) is 0 Å². The molecule has 1 atom stereocenters. The first-order chi connectivity index (χ1) is 8.62. The van der Waals surface area contributed by atoms with Crippen molar-refractivity contribution < 1.29 is 22.3 Å². The minimum absolute atomic E-state index is 0. The van der Waals surface area contributed by atoms with Gasteiger partial charge in [-0.2, -0.15) is 0 Å². The minimum Gasteiger partial charge on any atom is -1.00 e. The zero-order valence-corrected chi connectivity index (χ0v) is 15.8. The first-order valence-electron chi connectivity index (χ1n) is 7.06. The summed E-state index contributed by atoms with van der Waals surface area (Å²) >= 11 is 0. The van der Waals surface area contributed by atoms with Gasteiger partial charge in [-0.3, -0.25) is 9.59 Å². The van der Waals surface area contributed by atoms with Crippen molar-refractivity contribution in [3.63, 3.8) is 0 Å². The summed E-state index contributed by atoms with van der Waals surface area (Å²) < 4.78 is 5.47. The van der Waals surface area contributed by atoms with Crippen LogP contribution in [0.5, 0.6) is 0 Å². The predicted octanol–water partition coefficient (Wildman–Crippen LogP) is 3.62. The van der Waals surface area contributed by atoms with E-state index in [2.05, 4.69) is 6.92 Å². The maximum Gasteiger partial charge on any atom is 2.00 e. The van der Waals surface area contributed by atoms with Crippen LogP contribution in [0.1, 0.15) is 76.0 Å². The Morgan fingerprint density at radius 2 is 1.65 bits per heavy atom. The summed E-state index contributed by atoms with van der Waals surface area (Å²) in [6.45, 7) is 10.1. The van der Waals surface area contributed by atoms with Gasteiger partial charge in [0.2, 0.25) is 0 Å². The Morgan fingerprint density at radius 3 is 2.05 bits per heavy atom. The van der Waals surface area contributed by atoms with E-state index in [-0.39, 0.29) is 46.0 Å². The maximum atomic E-state index is 11.6. The number of carbonyl (C=O) groups is 2. The van der Waals surface area contributed by atoms with Crippen LogP contribution in [0.15, 0.2) is 0 Å². The fraction of sp³-hybridized carbons (Fsp3) is 0.867. The second kappa shape index (κ2) is 10.0. The SMILES string of the molecule is CCCCCCC(C)(OC(=O)CC(=O)O)C(C)(C)C.[Ca+2].[H-].[H-]. The summed E-state index contributed by atoms with van der Waals surface area (Å²) in [7, 11) is 0. The molecule has 1 unspecified atom stereocenters. The van der Waals surface area contributed by atoms with Crippen molar-refractivity contribution in [2.75, 3.05) is 0 Å². The fourth-order valence-electron chi connectivity index (χ4n) is 1.88. The molecule has 0 aliphatic carbocycles. The van der Waals surface area contributed by atoms with Gasteiger partial charge in [0.1, 0.15) is 12.0 Å². The Labute approximate surface area is 155 Å². The number of carboxylic acid groups (broad SMARTS) is 1. The summed E-state index contributed by atoms with van der Waals surface area (Å²) in [6, 6.07) is 0. The van der Waals surface area contributed by atoms with E-state index in [0.29, 0.717) is 0 Å². The molecule has 116 valence electrons. The molecule has 4 nitrogen and oxygen atoms in total. The Balaban J connectivity index is -0.000000540. The molecule has 20 heavy (non-hydrogen) atoms. The van der Waals surface area contributed by atoms with Crippen LogP contribution >= 0.6 is 0 Å². The normalized spacial score (nSPS) is 14.1. The van der Waals surface area contributed by atoms with Crippen LogP contribution in [0.2, 0.25) is 0 Å². The van der Waals surface area contributed by atoms with E-state index < -0.39 is 24.0 Å². The van der Waals surface area contributed by atoms with Crippen molar-refractivity contribution in [3.8, 4) is 0 Å². The third-order valence-corrected chi connectivity index (χ3v) is 3.73. The molecule has 0 aromatic rings. The Kier molecular flexibility index (Phi) is 11.3. The van der Waals surface area contributed by atoms with Crippen LogP contribution in [0.3, 0.4) is 0 Å². The van der Waals surface area contributed by atoms with Gasteiger partial charge in [0.15, 0.2) is 0 Å². The molecule has 0 aromatic heterocycles. The zero-order chi connectivity index (χ0) is 15.1. The minimum atomic E-state index is -1.15. The third kappa shape index (κ3) is 8.48. The molecule has 0 saturated heterocycles. The average molecular weight is 314 g/mol. The number of rotatable bonds is 8. The summed E-state index contributed by atoms with van der Waals surface area (Å²) in [5, 5.41) is 8.63. The number of hydrogen-bond acceptors (Lipinski definition) is 3. The van der Waals surface area contributed by atoms with E-state index in [4.69, 9.17) is 9.84 Å². The van der Waals surface area contributed by atoms with Crippen molar-refractivity contribution in [1.29, 1.82) is 0 Å². The van der Waals surface area contributed by atoms with Gasteiger partial charge in [-0.05, 0) is 19.8 Å². The van der Waals surface area contributed by atoms with E-state index in [1.165, 1.54) is 6.42 Å². The molecule has 0 bridgehead atoms. The number of carbonyl (C=O) groups excluding carboxylic acids is 1. The summed E-state index contributed by atoms with van der Waals surface area (Å²) in [5.74, 6) is -1.80. The number of carboxylic acids is 1. The monoisotopic (exact) mass is 314 g/mol. The molecular weight excluding hydrogens is 284 g/mol. The molecule has 0 aliphatic rings. The van der Waals surface area contributed by atoms with E-state index in [1.54, 1.807) is 0 Å². The van der Waals surface area contributed by atoms with Gasteiger partial charge in [-0.1, -0.05) is 47.0 Å². The molecule has 0 fully saturated rings. The molecule has 0 amide bonds. The second-order valence-corrected chi connectivity index (χ2v) is 6.34. The number of esters is 1. The molecule has 0 aromatic carbocycles. The van der Waals surface area contributed by atoms with E-state index >= 15 is 0 Å². The molecule has 0 aliphatic heterocycles. The second-order valence-electron chi connectivity index (χ2n) is 6.34. The average Bonchev–Trinajstić information content (AvgIpc) is 2.21. The van der Waals surface area contributed by atoms with E-state index in [1.807, 2.05) is 27.7 Å².